The van der Waals surface area contributed by atoms with Crippen LogP contribution in [0.2, 0.25) is 0 Å². The fourth-order valence-corrected chi connectivity index (χ4v) is 3.00. The third kappa shape index (κ3) is 4.97. The Balaban J connectivity index is 2.46. The highest BCUT2D eigenvalue weighted by molar-refractivity contribution is 4.86. The van der Waals surface area contributed by atoms with E-state index in [2.05, 4.69) is 32.6 Å². The molecule has 0 aromatic carbocycles. The van der Waals surface area contributed by atoms with E-state index in [1.54, 1.807) is 0 Å². The Kier molecular flexibility index (Phi) is 5.94. The van der Waals surface area contributed by atoms with E-state index in [-0.39, 0.29) is 6.10 Å². The van der Waals surface area contributed by atoms with Gasteiger partial charge in [0.1, 0.15) is 0 Å². The SMILES string of the molecule is CCCCN(CC)CC1CC(C)(C)CCC1O. The van der Waals surface area contributed by atoms with E-state index in [0.29, 0.717) is 11.3 Å². The van der Waals surface area contributed by atoms with Gasteiger partial charge in [0.15, 0.2) is 0 Å². The van der Waals surface area contributed by atoms with Crippen LogP contribution in [0.3, 0.4) is 0 Å². The molecule has 2 unspecified atom stereocenters. The summed E-state index contributed by atoms with van der Waals surface area (Å²) in [6.45, 7) is 12.5. The van der Waals surface area contributed by atoms with Crippen LogP contribution in [-0.4, -0.2) is 35.7 Å². The Labute approximate surface area is 107 Å². The van der Waals surface area contributed by atoms with Gasteiger partial charge >= 0.3 is 0 Å². The maximum absolute atomic E-state index is 10.1. The van der Waals surface area contributed by atoms with Crippen molar-refractivity contribution in [3.8, 4) is 0 Å². The summed E-state index contributed by atoms with van der Waals surface area (Å²) in [7, 11) is 0. The lowest BCUT2D eigenvalue weighted by atomic mass is 9.70. The topological polar surface area (TPSA) is 23.5 Å². The number of aliphatic hydroxyl groups excluding tert-OH is 1. The van der Waals surface area contributed by atoms with Crippen LogP contribution in [-0.2, 0) is 0 Å². The van der Waals surface area contributed by atoms with E-state index in [4.69, 9.17) is 0 Å². The number of hydrogen-bond donors (Lipinski definition) is 1. The number of aliphatic hydroxyl groups is 1. The first kappa shape index (κ1) is 15.0. The Hall–Kier alpha value is -0.0800. The summed E-state index contributed by atoms with van der Waals surface area (Å²) in [5.41, 5.74) is 0.425. The molecule has 1 aliphatic carbocycles. The van der Waals surface area contributed by atoms with Crippen molar-refractivity contribution in [1.82, 2.24) is 4.90 Å². The van der Waals surface area contributed by atoms with E-state index in [1.807, 2.05) is 0 Å². The zero-order valence-electron chi connectivity index (χ0n) is 12.2. The molecular formula is C15H31NO. The van der Waals surface area contributed by atoms with E-state index < -0.39 is 0 Å². The summed E-state index contributed by atoms with van der Waals surface area (Å²) in [6, 6.07) is 0. The molecule has 0 aromatic heterocycles. The largest absolute Gasteiger partial charge is 0.393 e. The van der Waals surface area contributed by atoms with Gasteiger partial charge in [0.2, 0.25) is 0 Å². The van der Waals surface area contributed by atoms with Gasteiger partial charge in [-0.25, -0.2) is 0 Å². The lowest BCUT2D eigenvalue weighted by Gasteiger charge is -2.40. The number of hydrogen-bond acceptors (Lipinski definition) is 2. The minimum absolute atomic E-state index is 0.0706. The van der Waals surface area contributed by atoms with Crippen molar-refractivity contribution >= 4 is 0 Å². The Morgan fingerprint density at radius 2 is 2.00 bits per heavy atom. The Bertz CT molecular complexity index is 215. The maximum atomic E-state index is 10.1. The summed E-state index contributed by atoms with van der Waals surface area (Å²) in [4.78, 5) is 2.51. The van der Waals surface area contributed by atoms with Crippen LogP contribution in [0.5, 0.6) is 0 Å². The minimum Gasteiger partial charge on any atom is -0.393 e. The van der Waals surface area contributed by atoms with Gasteiger partial charge in [0.05, 0.1) is 6.10 Å². The van der Waals surface area contributed by atoms with Gasteiger partial charge in [-0.2, -0.15) is 0 Å². The van der Waals surface area contributed by atoms with Crippen LogP contribution in [0.1, 0.15) is 59.8 Å². The second kappa shape index (κ2) is 6.75. The van der Waals surface area contributed by atoms with Gasteiger partial charge in [0.25, 0.3) is 0 Å². The Morgan fingerprint density at radius 1 is 1.29 bits per heavy atom. The fraction of sp³-hybridized carbons (Fsp3) is 1.00. The molecule has 2 atom stereocenters. The number of unbranched alkanes of at least 4 members (excludes halogenated alkanes) is 1. The third-order valence-corrected chi connectivity index (χ3v) is 4.24. The molecule has 1 rings (SSSR count). The monoisotopic (exact) mass is 241 g/mol. The zero-order valence-corrected chi connectivity index (χ0v) is 12.2. The van der Waals surface area contributed by atoms with Crippen LogP contribution >= 0.6 is 0 Å². The average molecular weight is 241 g/mol. The van der Waals surface area contributed by atoms with Gasteiger partial charge < -0.3 is 10.0 Å². The van der Waals surface area contributed by atoms with Crippen molar-refractivity contribution < 1.29 is 5.11 Å². The second-order valence-electron chi connectivity index (χ2n) is 6.48. The van der Waals surface area contributed by atoms with Crippen molar-refractivity contribution in [3.05, 3.63) is 0 Å². The first-order valence-electron chi connectivity index (χ1n) is 7.39. The van der Waals surface area contributed by atoms with Crippen molar-refractivity contribution in [2.75, 3.05) is 19.6 Å². The fourth-order valence-electron chi connectivity index (χ4n) is 3.00. The highest BCUT2D eigenvalue weighted by Gasteiger charge is 2.34. The zero-order chi connectivity index (χ0) is 12.9. The molecule has 0 bridgehead atoms. The molecule has 0 aliphatic heterocycles. The van der Waals surface area contributed by atoms with Crippen LogP contribution in [0.4, 0.5) is 0 Å². The molecule has 1 saturated carbocycles. The first-order chi connectivity index (χ1) is 7.98. The third-order valence-electron chi connectivity index (χ3n) is 4.24. The lowest BCUT2D eigenvalue weighted by Crippen LogP contribution is -2.41. The molecule has 0 spiro atoms. The van der Waals surface area contributed by atoms with E-state index in [1.165, 1.54) is 32.2 Å². The van der Waals surface area contributed by atoms with Gasteiger partial charge in [-0.3, -0.25) is 0 Å². The maximum Gasteiger partial charge on any atom is 0.0581 e. The van der Waals surface area contributed by atoms with Crippen LogP contribution in [0, 0.1) is 11.3 Å². The van der Waals surface area contributed by atoms with Gasteiger partial charge in [-0.05, 0) is 50.1 Å². The molecule has 102 valence electrons. The van der Waals surface area contributed by atoms with E-state index in [9.17, 15) is 5.11 Å². The summed E-state index contributed by atoms with van der Waals surface area (Å²) >= 11 is 0. The predicted octanol–water partition coefficient (Wildman–Crippen LogP) is 3.30. The van der Waals surface area contributed by atoms with Crippen molar-refractivity contribution in [1.29, 1.82) is 0 Å². The van der Waals surface area contributed by atoms with Crippen molar-refractivity contribution in [2.24, 2.45) is 11.3 Å². The molecule has 17 heavy (non-hydrogen) atoms. The molecule has 2 nitrogen and oxygen atoms in total. The summed E-state index contributed by atoms with van der Waals surface area (Å²) in [5, 5.41) is 10.1. The number of nitrogens with zero attached hydrogens (tertiary/aromatic N) is 1. The summed E-state index contributed by atoms with van der Waals surface area (Å²) in [5.74, 6) is 0.482. The minimum atomic E-state index is -0.0706. The van der Waals surface area contributed by atoms with Gasteiger partial charge in [-0.15, -0.1) is 0 Å². The molecule has 1 fully saturated rings. The number of rotatable bonds is 6. The van der Waals surface area contributed by atoms with Crippen molar-refractivity contribution in [2.45, 2.75) is 65.9 Å². The predicted molar refractivity (Wildman–Crippen MR) is 74.2 cm³/mol. The summed E-state index contributed by atoms with van der Waals surface area (Å²) < 4.78 is 0. The molecule has 0 radical (unpaired) electrons. The molecule has 0 aromatic rings. The molecular weight excluding hydrogens is 210 g/mol. The normalized spacial score (nSPS) is 28.6. The van der Waals surface area contributed by atoms with Gasteiger partial charge in [0, 0.05) is 6.54 Å². The second-order valence-corrected chi connectivity index (χ2v) is 6.48. The van der Waals surface area contributed by atoms with Gasteiger partial charge in [-0.1, -0.05) is 34.1 Å². The highest BCUT2D eigenvalue weighted by atomic mass is 16.3. The van der Waals surface area contributed by atoms with E-state index in [0.717, 1.165) is 19.5 Å². The van der Waals surface area contributed by atoms with Crippen LogP contribution in [0.25, 0.3) is 0 Å². The molecule has 0 saturated heterocycles. The van der Waals surface area contributed by atoms with Crippen LogP contribution < -0.4 is 0 Å². The average Bonchev–Trinajstić information content (AvgIpc) is 2.28. The molecule has 1 aliphatic rings. The highest BCUT2D eigenvalue weighted by Crippen LogP contribution is 2.39. The molecule has 1 N–H and O–H groups in total. The van der Waals surface area contributed by atoms with E-state index >= 15 is 0 Å². The molecule has 2 heteroatoms. The standard InChI is InChI=1S/C15H31NO/c1-5-7-10-16(6-2)12-13-11-15(3,4)9-8-14(13)17/h13-14,17H,5-12H2,1-4H3. The smallest absolute Gasteiger partial charge is 0.0581 e. The van der Waals surface area contributed by atoms with Crippen molar-refractivity contribution in [3.63, 3.8) is 0 Å². The molecule has 0 heterocycles. The summed E-state index contributed by atoms with van der Waals surface area (Å²) in [6.07, 6.45) is 5.81. The lowest BCUT2D eigenvalue weighted by molar-refractivity contribution is 0.00474. The van der Waals surface area contributed by atoms with Crippen LogP contribution in [0.15, 0.2) is 0 Å². The Morgan fingerprint density at radius 3 is 2.59 bits per heavy atom. The molecule has 0 amide bonds. The quantitative estimate of drug-likeness (QED) is 0.771. The first-order valence-corrected chi connectivity index (χ1v) is 7.39.